The number of hydrogen-bond donors (Lipinski definition) is 1. The number of thiazole rings is 1. The number of carbonyl (C=O) groups excluding carboxylic acids is 1. The Bertz CT molecular complexity index is 624. The molecule has 3 rings (SSSR count). The minimum absolute atomic E-state index is 0.102. The fourth-order valence-corrected chi connectivity index (χ4v) is 4.05. The van der Waals surface area contributed by atoms with Crippen molar-refractivity contribution in [2.75, 3.05) is 0 Å². The van der Waals surface area contributed by atoms with Crippen LogP contribution in [0, 0.1) is 0 Å². The minimum atomic E-state index is -0.114. The molecule has 0 saturated heterocycles. The fourth-order valence-electron chi connectivity index (χ4n) is 1.68. The van der Waals surface area contributed by atoms with Crippen LogP contribution in [0.25, 0.3) is 10.2 Å². The molecule has 1 saturated carbocycles. The molecule has 1 fully saturated rings. The molecular weight excluding hydrogens is 300 g/mol. The van der Waals surface area contributed by atoms with Crippen molar-refractivity contribution in [2.24, 2.45) is 0 Å². The van der Waals surface area contributed by atoms with Gasteiger partial charge in [0, 0.05) is 11.1 Å². The Morgan fingerprint density at radius 3 is 3.11 bits per heavy atom. The number of rotatable bonds is 4. The molecule has 1 amide bonds. The fraction of sp³-hybridized carbons (Fsp3) is 0.385. The van der Waals surface area contributed by atoms with Gasteiger partial charge in [-0.05, 0) is 38.0 Å². The molecule has 1 N–H and O–H groups in total. The summed E-state index contributed by atoms with van der Waals surface area (Å²) in [6.45, 7) is 1.92. The Balaban J connectivity index is 1.71. The highest BCUT2D eigenvalue weighted by Gasteiger charge is 2.26. The lowest BCUT2D eigenvalue weighted by Crippen LogP contribution is -2.32. The van der Waals surface area contributed by atoms with E-state index in [0.717, 1.165) is 27.4 Å². The van der Waals surface area contributed by atoms with E-state index in [4.69, 9.17) is 11.6 Å². The van der Waals surface area contributed by atoms with Crippen molar-refractivity contribution in [2.45, 2.75) is 35.4 Å². The van der Waals surface area contributed by atoms with Crippen molar-refractivity contribution in [3.05, 3.63) is 23.2 Å². The molecule has 0 aliphatic heterocycles. The molecule has 100 valence electrons. The zero-order valence-electron chi connectivity index (χ0n) is 10.4. The first kappa shape index (κ1) is 13.2. The number of nitrogens with one attached hydrogen (secondary N) is 1. The molecule has 1 aliphatic carbocycles. The SMILES string of the molecule is C[C@@H](Sc1nc2cc(Cl)ccc2s1)C(=O)NC1CC1. The summed E-state index contributed by atoms with van der Waals surface area (Å²) in [5, 5.41) is 3.59. The van der Waals surface area contributed by atoms with Crippen molar-refractivity contribution in [3.8, 4) is 0 Å². The van der Waals surface area contributed by atoms with Gasteiger partial charge in [0.05, 0.1) is 15.5 Å². The van der Waals surface area contributed by atoms with E-state index in [2.05, 4.69) is 10.3 Å². The Morgan fingerprint density at radius 2 is 2.37 bits per heavy atom. The van der Waals surface area contributed by atoms with Gasteiger partial charge in [-0.25, -0.2) is 4.98 Å². The third-order valence-corrected chi connectivity index (χ3v) is 5.37. The molecule has 0 bridgehead atoms. The van der Waals surface area contributed by atoms with Crippen LogP contribution in [0.1, 0.15) is 19.8 Å². The lowest BCUT2D eigenvalue weighted by Gasteiger charge is -2.08. The number of amides is 1. The van der Waals surface area contributed by atoms with Crippen LogP contribution in [0.15, 0.2) is 22.5 Å². The first-order chi connectivity index (χ1) is 9.11. The van der Waals surface area contributed by atoms with E-state index in [1.807, 2.05) is 25.1 Å². The van der Waals surface area contributed by atoms with E-state index < -0.39 is 0 Å². The van der Waals surface area contributed by atoms with Gasteiger partial charge in [0.2, 0.25) is 5.91 Å². The summed E-state index contributed by atoms with van der Waals surface area (Å²) < 4.78 is 2.01. The first-order valence-corrected chi connectivity index (χ1v) is 8.22. The molecular formula is C13H13ClN2OS2. The molecule has 1 aromatic heterocycles. The van der Waals surface area contributed by atoms with Crippen LogP contribution < -0.4 is 5.32 Å². The van der Waals surface area contributed by atoms with Crippen molar-refractivity contribution in [1.29, 1.82) is 0 Å². The number of nitrogens with zero attached hydrogens (tertiary/aromatic N) is 1. The second-order valence-corrected chi connectivity index (χ2v) is 7.69. The zero-order chi connectivity index (χ0) is 13.4. The monoisotopic (exact) mass is 312 g/mol. The van der Waals surface area contributed by atoms with E-state index in [9.17, 15) is 4.79 Å². The number of benzene rings is 1. The zero-order valence-corrected chi connectivity index (χ0v) is 12.7. The van der Waals surface area contributed by atoms with Crippen LogP contribution in [0.2, 0.25) is 5.02 Å². The van der Waals surface area contributed by atoms with Crippen LogP contribution in [-0.2, 0) is 4.79 Å². The molecule has 1 heterocycles. The molecule has 0 unspecified atom stereocenters. The van der Waals surface area contributed by atoms with Crippen LogP contribution >= 0.6 is 34.7 Å². The molecule has 0 spiro atoms. The first-order valence-electron chi connectivity index (χ1n) is 6.15. The highest BCUT2D eigenvalue weighted by atomic mass is 35.5. The molecule has 2 aromatic rings. The summed E-state index contributed by atoms with van der Waals surface area (Å²) >= 11 is 9.05. The van der Waals surface area contributed by atoms with Gasteiger partial charge in [-0.3, -0.25) is 4.79 Å². The van der Waals surface area contributed by atoms with Crippen LogP contribution in [0.3, 0.4) is 0 Å². The van der Waals surface area contributed by atoms with Crippen molar-refractivity contribution >= 4 is 50.8 Å². The predicted molar refractivity (Wildman–Crippen MR) is 81.1 cm³/mol. The number of hydrogen-bond acceptors (Lipinski definition) is 4. The smallest absolute Gasteiger partial charge is 0.233 e. The summed E-state index contributed by atoms with van der Waals surface area (Å²) in [5.41, 5.74) is 0.898. The van der Waals surface area contributed by atoms with Crippen molar-refractivity contribution in [3.63, 3.8) is 0 Å². The van der Waals surface area contributed by atoms with E-state index in [1.54, 1.807) is 11.3 Å². The molecule has 0 radical (unpaired) electrons. The third-order valence-electron chi connectivity index (χ3n) is 2.90. The van der Waals surface area contributed by atoms with Crippen LogP contribution in [-0.4, -0.2) is 22.2 Å². The maximum absolute atomic E-state index is 11.9. The quantitative estimate of drug-likeness (QED) is 0.875. The van der Waals surface area contributed by atoms with E-state index >= 15 is 0 Å². The average molecular weight is 313 g/mol. The lowest BCUT2D eigenvalue weighted by atomic mass is 10.3. The molecule has 6 heteroatoms. The Labute approximate surface area is 124 Å². The maximum atomic E-state index is 11.9. The van der Waals surface area contributed by atoms with Crippen molar-refractivity contribution in [1.82, 2.24) is 10.3 Å². The highest BCUT2D eigenvalue weighted by molar-refractivity contribution is 8.02. The number of fused-ring (bicyclic) bond motifs is 1. The summed E-state index contributed by atoms with van der Waals surface area (Å²) in [6, 6.07) is 6.09. The topological polar surface area (TPSA) is 42.0 Å². The molecule has 3 nitrogen and oxygen atoms in total. The normalized spacial score (nSPS) is 16.5. The van der Waals surface area contributed by atoms with Crippen LogP contribution in [0.4, 0.5) is 0 Å². The van der Waals surface area contributed by atoms with Crippen molar-refractivity contribution < 1.29 is 4.79 Å². The van der Waals surface area contributed by atoms with Gasteiger partial charge in [-0.2, -0.15) is 0 Å². The second-order valence-electron chi connectivity index (χ2n) is 4.63. The number of halogens is 1. The Morgan fingerprint density at radius 1 is 1.58 bits per heavy atom. The summed E-state index contributed by atoms with van der Waals surface area (Å²) in [7, 11) is 0. The predicted octanol–water partition coefficient (Wildman–Crippen LogP) is 3.71. The van der Waals surface area contributed by atoms with E-state index in [-0.39, 0.29) is 11.2 Å². The van der Waals surface area contributed by atoms with E-state index in [0.29, 0.717) is 11.1 Å². The standard InChI is InChI=1S/C13H13ClN2OS2/c1-7(12(17)15-9-3-4-9)18-13-16-10-6-8(14)2-5-11(10)19-13/h2,5-7,9H,3-4H2,1H3,(H,15,17)/t7-/m1/s1. The maximum Gasteiger partial charge on any atom is 0.233 e. The second kappa shape index (κ2) is 5.31. The summed E-state index contributed by atoms with van der Waals surface area (Å²) in [5.74, 6) is 0.102. The number of carbonyl (C=O) groups is 1. The highest BCUT2D eigenvalue weighted by Crippen LogP contribution is 2.33. The van der Waals surface area contributed by atoms with Gasteiger partial charge < -0.3 is 5.32 Å². The molecule has 1 aromatic carbocycles. The van der Waals surface area contributed by atoms with Crippen LogP contribution in [0.5, 0.6) is 0 Å². The molecule has 1 aliphatic rings. The van der Waals surface area contributed by atoms with Gasteiger partial charge in [-0.1, -0.05) is 23.4 Å². The minimum Gasteiger partial charge on any atom is -0.352 e. The van der Waals surface area contributed by atoms with Gasteiger partial charge in [0.1, 0.15) is 0 Å². The van der Waals surface area contributed by atoms with Gasteiger partial charge >= 0.3 is 0 Å². The summed E-state index contributed by atoms with van der Waals surface area (Å²) in [6.07, 6.45) is 2.23. The lowest BCUT2D eigenvalue weighted by molar-refractivity contribution is -0.120. The Hall–Kier alpha value is -0.780. The van der Waals surface area contributed by atoms with Gasteiger partial charge in [-0.15, -0.1) is 11.3 Å². The average Bonchev–Trinajstić information content (AvgIpc) is 3.08. The Kier molecular flexibility index (Phi) is 3.69. The number of aromatic nitrogens is 1. The largest absolute Gasteiger partial charge is 0.352 e. The molecule has 19 heavy (non-hydrogen) atoms. The molecule has 1 atom stereocenters. The number of thioether (sulfide) groups is 1. The summed E-state index contributed by atoms with van der Waals surface area (Å²) in [4.78, 5) is 16.4. The van der Waals surface area contributed by atoms with E-state index in [1.165, 1.54) is 11.8 Å². The van der Waals surface area contributed by atoms with Gasteiger partial charge in [0.25, 0.3) is 0 Å². The van der Waals surface area contributed by atoms with Gasteiger partial charge in [0.15, 0.2) is 4.34 Å². The third kappa shape index (κ3) is 3.22.